The highest BCUT2D eigenvalue weighted by atomic mass is 32.2. The lowest BCUT2D eigenvalue weighted by atomic mass is 10.1. The Kier molecular flexibility index (Phi) is 5.44. The number of hydrogen-bond donors (Lipinski definition) is 0. The summed E-state index contributed by atoms with van der Waals surface area (Å²) in [4.78, 5) is 12.0. The van der Waals surface area contributed by atoms with Crippen molar-refractivity contribution in [1.82, 2.24) is 14.8 Å². The summed E-state index contributed by atoms with van der Waals surface area (Å²) in [5.41, 5.74) is 0.996. The molecular weight excluding hydrogens is 390 g/mol. The summed E-state index contributed by atoms with van der Waals surface area (Å²) in [5.74, 6) is 3.00. The van der Waals surface area contributed by atoms with Crippen molar-refractivity contribution in [3.8, 4) is 17.3 Å². The average Bonchev–Trinajstić information content (AvgIpc) is 3.35. The molecular formula is C21H21N3O4S. The molecule has 0 aliphatic rings. The predicted octanol–water partition coefficient (Wildman–Crippen LogP) is 4.60. The van der Waals surface area contributed by atoms with Crippen molar-refractivity contribution in [3.63, 3.8) is 0 Å². The number of thioether (sulfide) groups is 1. The Morgan fingerprint density at radius 3 is 2.79 bits per heavy atom. The van der Waals surface area contributed by atoms with Gasteiger partial charge in [0.15, 0.2) is 16.7 Å². The van der Waals surface area contributed by atoms with Crippen LogP contribution < -0.4 is 10.4 Å². The average molecular weight is 411 g/mol. The Balaban J connectivity index is 1.66. The number of hydrogen-bond acceptors (Lipinski definition) is 7. The van der Waals surface area contributed by atoms with E-state index >= 15 is 0 Å². The monoisotopic (exact) mass is 411 g/mol. The van der Waals surface area contributed by atoms with Crippen LogP contribution in [0, 0.1) is 5.92 Å². The zero-order valence-corrected chi connectivity index (χ0v) is 17.2. The standard InChI is InChI=1S/C21H21N3O4S/c1-13(2)11-24-20(17-5-4-8-27-17)22-23-21(24)29-12-14-9-19(25)28-18-10-15(26-3)6-7-16(14)18/h4-10,13H,11-12H2,1-3H3. The molecule has 150 valence electrons. The first kappa shape index (κ1) is 19.3. The third kappa shape index (κ3) is 4.07. The van der Waals surface area contributed by atoms with E-state index in [0.29, 0.717) is 34.6 Å². The third-order valence-corrected chi connectivity index (χ3v) is 5.42. The molecule has 3 heterocycles. The fraction of sp³-hybridized carbons (Fsp3) is 0.286. The highest BCUT2D eigenvalue weighted by Gasteiger charge is 2.18. The SMILES string of the molecule is COc1ccc2c(CSc3nnc(-c4ccco4)n3CC(C)C)cc(=O)oc2c1. The number of benzene rings is 1. The lowest BCUT2D eigenvalue weighted by Gasteiger charge is -2.12. The summed E-state index contributed by atoms with van der Waals surface area (Å²) in [6.07, 6.45) is 1.63. The summed E-state index contributed by atoms with van der Waals surface area (Å²) < 4.78 is 18.1. The third-order valence-electron chi connectivity index (χ3n) is 4.40. The first-order valence-corrected chi connectivity index (χ1v) is 10.2. The Morgan fingerprint density at radius 1 is 1.21 bits per heavy atom. The van der Waals surface area contributed by atoms with Crippen molar-refractivity contribution in [2.45, 2.75) is 31.3 Å². The Bertz CT molecular complexity index is 1180. The number of nitrogens with zero attached hydrogens (tertiary/aromatic N) is 3. The summed E-state index contributed by atoms with van der Waals surface area (Å²) >= 11 is 1.53. The van der Waals surface area contributed by atoms with Gasteiger partial charge in [0.2, 0.25) is 0 Å². The van der Waals surface area contributed by atoms with Crippen molar-refractivity contribution in [1.29, 1.82) is 0 Å². The van der Waals surface area contributed by atoms with E-state index in [1.54, 1.807) is 19.4 Å². The number of fused-ring (bicyclic) bond motifs is 1. The quantitative estimate of drug-likeness (QED) is 0.324. The second-order valence-electron chi connectivity index (χ2n) is 7.03. The van der Waals surface area contributed by atoms with Crippen molar-refractivity contribution >= 4 is 22.7 Å². The van der Waals surface area contributed by atoms with Crippen LogP contribution in [0.5, 0.6) is 5.75 Å². The minimum atomic E-state index is -0.388. The summed E-state index contributed by atoms with van der Waals surface area (Å²) in [7, 11) is 1.58. The molecule has 0 spiro atoms. The number of methoxy groups -OCH3 is 1. The van der Waals surface area contributed by atoms with Crippen molar-refractivity contribution < 1.29 is 13.6 Å². The van der Waals surface area contributed by atoms with Gasteiger partial charge in [-0.2, -0.15) is 0 Å². The van der Waals surface area contributed by atoms with E-state index in [4.69, 9.17) is 13.6 Å². The van der Waals surface area contributed by atoms with Gasteiger partial charge in [-0.15, -0.1) is 10.2 Å². The Hall–Kier alpha value is -3.00. The molecule has 0 aliphatic carbocycles. The molecule has 0 bridgehead atoms. The number of rotatable bonds is 7. The Labute approximate surface area is 171 Å². The maximum Gasteiger partial charge on any atom is 0.336 e. The molecule has 0 atom stereocenters. The van der Waals surface area contributed by atoms with Gasteiger partial charge in [-0.1, -0.05) is 25.6 Å². The maximum atomic E-state index is 12.0. The van der Waals surface area contributed by atoms with Gasteiger partial charge in [-0.3, -0.25) is 4.57 Å². The van der Waals surface area contributed by atoms with Crippen LogP contribution in [0.1, 0.15) is 19.4 Å². The molecule has 0 N–H and O–H groups in total. The fourth-order valence-electron chi connectivity index (χ4n) is 3.11. The van der Waals surface area contributed by atoms with Crippen LogP contribution in [0.3, 0.4) is 0 Å². The van der Waals surface area contributed by atoms with E-state index in [2.05, 4.69) is 28.6 Å². The van der Waals surface area contributed by atoms with Crippen LogP contribution in [0.15, 0.2) is 61.4 Å². The molecule has 0 saturated heterocycles. The van der Waals surface area contributed by atoms with Gasteiger partial charge in [0, 0.05) is 29.8 Å². The molecule has 4 aromatic rings. The molecule has 0 saturated carbocycles. The molecule has 4 rings (SSSR count). The van der Waals surface area contributed by atoms with Gasteiger partial charge >= 0.3 is 5.63 Å². The van der Waals surface area contributed by atoms with Gasteiger partial charge in [0.25, 0.3) is 0 Å². The minimum absolute atomic E-state index is 0.388. The first-order valence-electron chi connectivity index (χ1n) is 9.26. The normalized spacial score (nSPS) is 11.4. The van der Waals surface area contributed by atoms with Crippen molar-refractivity contribution in [2.75, 3.05) is 7.11 Å². The molecule has 7 nitrogen and oxygen atoms in total. The summed E-state index contributed by atoms with van der Waals surface area (Å²) in [6.45, 7) is 5.05. The molecule has 0 fully saturated rings. The Morgan fingerprint density at radius 2 is 2.07 bits per heavy atom. The number of ether oxygens (including phenoxy) is 1. The zero-order valence-electron chi connectivity index (χ0n) is 16.4. The van der Waals surface area contributed by atoms with Crippen LogP contribution >= 0.6 is 11.8 Å². The van der Waals surface area contributed by atoms with E-state index in [0.717, 1.165) is 22.7 Å². The molecule has 0 radical (unpaired) electrons. The largest absolute Gasteiger partial charge is 0.497 e. The molecule has 3 aromatic heterocycles. The van der Waals surface area contributed by atoms with Crippen LogP contribution in [-0.4, -0.2) is 21.9 Å². The van der Waals surface area contributed by atoms with Crippen LogP contribution in [0.4, 0.5) is 0 Å². The molecule has 1 aromatic carbocycles. The molecule has 0 amide bonds. The van der Waals surface area contributed by atoms with Gasteiger partial charge in [-0.25, -0.2) is 4.79 Å². The second kappa shape index (κ2) is 8.16. The lowest BCUT2D eigenvalue weighted by molar-refractivity contribution is 0.414. The van der Waals surface area contributed by atoms with Crippen LogP contribution in [0.25, 0.3) is 22.6 Å². The number of aromatic nitrogens is 3. The summed E-state index contributed by atoms with van der Waals surface area (Å²) in [5, 5.41) is 10.3. The van der Waals surface area contributed by atoms with E-state index in [1.807, 2.05) is 24.3 Å². The molecule has 0 unspecified atom stereocenters. The van der Waals surface area contributed by atoms with E-state index in [9.17, 15) is 4.79 Å². The maximum absolute atomic E-state index is 12.0. The van der Waals surface area contributed by atoms with Crippen molar-refractivity contribution in [2.24, 2.45) is 5.92 Å². The zero-order chi connectivity index (χ0) is 20.4. The molecule has 29 heavy (non-hydrogen) atoms. The van der Waals surface area contributed by atoms with Gasteiger partial charge in [-0.05, 0) is 35.7 Å². The van der Waals surface area contributed by atoms with Gasteiger partial charge < -0.3 is 13.6 Å². The van der Waals surface area contributed by atoms with E-state index < -0.39 is 0 Å². The van der Waals surface area contributed by atoms with Crippen LogP contribution in [0.2, 0.25) is 0 Å². The predicted molar refractivity (Wildman–Crippen MR) is 111 cm³/mol. The van der Waals surface area contributed by atoms with Crippen LogP contribution in [-0.2, 0) is 12.3 Å². The summed E-state index contributed by atoms with van der Waals surface area (Å²) in [6, 6.07) is 10.7. The second-order valence-corrected chi connectivity index (χ2v) is 7.97. The topological polar surface area (TPSA) is 83.3 Å². The molecule has 8 heteroatoms. The van der Waals surface area contributed by atoms with Gasteiger partial charge in [0.05, 0.1) is 13.4 Å². The minimum Gasteiger partial charge on any atom is -0.497 e. The fourth-order valence-corrected chi connectivity index (χ4v) is 4.05. The highest BCUT2D eigenvalue weighted by Crippen LogP contribution is 2.30. The van der Waals surface area contributed by atoms with E-state index in [-0.39, 0.29) is 5.63 Å². The first-order chi connectivity index (χ1) is 14.0. The number of furan rings is 1. The van der Waals surface area contributed by atoms with Crippen molar-refractivity contribution in [3.05, 3.63) is 58.6 Å². The van der Waals surface area contributed by atoms with Gasteiger partial charge in [0.1, 0.15) is 11.3 Å². The smallest absolute Gasteiger partial charge is 0.336 e. The highest BCUT2D eigenvalue weighted by molar-refractivity contribution is 7.98. The molecule has 0 aliphatic heterocycles. The lowest BCUT2D eigenvalue weighted by Crippen LogP contribution is -2.08. The van der Waals surface area contributed by atoms with E-state index in [1.165, 1.54) is 17.8 Å².